The van der Waals surface area contributed by atoms with Gasteiger partial charge in [0, 0.05) is 12.3 Å². The van der Waals surface area contributed by atoms with Crippen LogP contribution in [0.1, 0.15) is 31.4 Å². The molecule has 0 bridgehead atoms. The molecule has 1 aliphatic rings. The number of rotatable bonds is 1. The average Bonchev–Trinajstić information content (AvgIpc) is 2.27. The summed E-state index contributed by atoms with van der Waals surface area (Å²) in [5, 5.41) is 11.0. The third-order valence-corrected chi connectivity index (χ3v) is 4.45. The van der Waals surface area contributed by atoms with E-state index < -0.39 is 5.60 Å². The molecule has 1 heterocycles. The van der Waals surface area contributed by atoms with Gasteiger partial charge in [0.1, 0.15) is 5.60 Å². The average molecular weight is 234 g/mol. The van der Waals surface area contributed by atoms with Crippen LogP contribution in [0.5, 0.6) is 0 Å². The van der Waals surface area contributed by atoms with Crippen LogP contribution < -0.4 is 4.90 Å². The first-order chi connectivity index (χ1) is 7.93. The molecule has 4 atom stereocenters. The highest BCUT2D eigenvalue weighted by Gasteiger charge is 2.44. The van der Waals surface area contributed by atoms with Crippen LogP contribution in [0.2, 0.25) is 0 Å². The van der Waals surface area contributed by atoms with Crippen LogP contribution in [0.4, 0.5) is 0 Å². The third kappa shape index (κ3) is 2.24. The van der Waals surface area contributed by atoms with E-state index in [0.717, 1.165) is 18.5 Å². The minimum atomic E-state index is -0.646. The van der Waals surface area contributed by atoms with E-state index in [0.29, 0.717) is 12.0 Å². The maximum absolute atomic E-state index is 11.0. The molecule has 0 amide bonds. The molecule has 0 spiro atoms. The summed E-state index contributed by atoms with van der Waals surface area (Å²) in [7, 11) is 2.22. The van der Waals surface area contributed by atoms with Gasteiger partial charge in [-0.3, -0.25) is 0 Å². The maximum Gasteiger partial charge on any atom is 0.103 e. The largest absolute Gasteiger partial charge is 0.384 e. The van der Waals surface area contributed by atoms with Crippen molar-refractivity contribution in [3.8, 4) is 0 Å². The van der Waals surface area contributed by atoms with E-state index in [1.165, 1.54) is 10.5 Å². The van der Waals surface area contributed by atoms with Crippen molar-refractivity contribution in [3.63, 3.8) is 0 Å². The van der Waals surface area contributed by atoms with Crippen molar-refractivity contribution in [2.24, 2.45) is 5.92 Å². The van der Waals surface area contributed by atoms with E-state index in [2.05, 4.69) is 52.1 Å². The molecule has 2 rings (SSSR count). The number of aliphatic hydroxyl groups is 1. The topological polar surface area (TPSA) is 24.7 Å². The summed E-state index contributed by atoms with van der Waals surface area (Å²) in [6, 6.07) is 8.86. The monoisotopic (exact) mass is 234 g/mol. The Kier molecular flexibility index (Phi) is 3.28. The number of piperidine rings is 1. The van der Waals surface area contributed by atoms with Crippen molar-refractivity contribution in [1.82, 2.24) is 0 Å². The standard InChI is InChI=1S/C15H23NO/c1-11-5-7-14(8-6-11)15(17)9-13(3)16(4)10-12(15)2/h5-8,12-13,17H,9-10H2,1-4H3/p+1/t12-,13-,15+/m0/s1. The summed E-state index contributed by atoms with van der Waals surface area (Å²) in [6.07, 6.45) is 0.850. The second kappa shape index (κ2) is 4.43. The van der Waals surface area contributed by atoms with Gasteiger partial charge in [0.15, 0.2) is 0 Å². The van der Waals surface area contributed by atoms with Gasteiger partial charge in [-0.05, 0) is 19.4 Å². The first-order valence-corrected chi connectivity index (χ1v) is 6.55. The van der Waals surface area contributed by atoms with Gasteiger partial charge in [-0.25, -0.2) is 0 Å². The van der Waals surface area contributed by atoms with E-state index in [-0.39, 0.29) is 0 Å². The van der Waals surface area contributed by atoms with Gasteiger partial charge in [-0.15, -0.1) is 0 Å². The molecule has 1 saturated heterocycles. The second-order valence-electron chi connectivity index (χ2n) is 5.85. The van der Waals surface area contributed by atoms with Gasteiger partial charge in [0.25, 0.3) is 0 Å². The first kappa shape index (κ1) is 12.6. The number of hydrogen-bond donors (Lipinski definition) is 2. The fourth-order valence-corrected chi connectivity index (χ4v) is 2.94. The van der Waals surface area contributed by atoms with Crippen molar-refractivity contribution < 1.29 is 10.0 Å². The predicted octanol–water partition coefficient (Wildman–Crippen LogP) is 1.13. The maximum atomic E-state index is 11.0. The van der Waals surface area contributed by atoms with Crippen LogP contribution in [-0.2, 0) is 5.60 Å². The molecule has 1 unspecified atom stereocenters. The number of benzene rings is 1. The van der Waals surface area contributed by atoms with Crippen molar-refractivity contribution in [1.29, 1.82) is 0 Å². The number of likely N-dealkylation sites (tertiary alicyclic amines) is 1. The summed E-state index contributed by atoms with van der Waals surface area (Å²) < 4.78 is 0. The van der Waals surface area contributed by atoms with E-state index in [9.17, 15) is 5.11 Å². The predicted molar refractivity (Wildman–Crippen MR) is 70.1 cm³/mol. The number of quaternary nitrogens is 1. The molecule has 0 aromatic heterocycles. The van der Waals surface area contributed by atoms with Crippen molar-refractivity contribution >= 4 is 0 Å². The molecule has 17 heavy (non-hydrogen) atoms. The molecule has 0 saturated carbocycles. The zero-order valence-corrected chi connectivity index (χ0v) is 11.3. The van der Waals surface area contributed by atoms with E-state index in [1.54, 1.807) is 0 Å². The minimum Gasteiger partial charge on any atom is -0.384 e. The lowest BCUT2D eigenvalue weighted by Crippen LogP contribution is -3.15. The molecule has 0 aliphatic carbocycles. The van der Waals surface area contributed by atoms with E-state index in [1.807, 2.05) is 0 Å². The smallest absolute Gasteiger partial charge is 0.103 e. The highest BCUT2D eigenvalue weighted by Crippen LogP contribution is 2.35. The Balaban J connectivity index is 2.31. The summed E-state index contributed by atoms with van der Waals surface area (Å²) >= 11 is 0. The number of hydrogen-bond acceptors (Lipinski definition) is 1. The van der Waals surface area contributed by atoms with Crippen LogP contribution in [-0.4, -0.2) is 24.7 Å². The van der Waals surface area contributed by atoms with Crippen LogP contribution in [0.25, 0.3) is 0 Å². The van der Waals surface area contributed by atoms with Crippen molar-refractivity contribution in [3.05, 3.63) is 35.4 Å². The summed E-state index contributed by atoms with van der Waals surface area (Å²) in [5.41, 5.74) is 1.68. The second-order valence-corrected chi connectivity index (χ2v) is 5.85. The van der Waals surface area contributed by atoms with Crippen molar-refractivity contribution in [2.75, 3.05) is 13.6 Å². The molecular formula is C15H24NO+. The molecule has 94 valence electrons. The zero-order valence-electron chi connectivity index (χ0n) is 11.3. The Labute approximate surface area is 104 Å². The van der Waals surface area contributed by atoms with Crippen LogP contribution in [0.15, 0.2) is 24.3 Å². The van der Waals surface area contributed by atoms with E-state index in [4.69, 9.17) is 0 Å². The Morgan fingerprint density at radius 3 is 2.41 bits per heavy atom. The summed E-state index contributed by atoms with van der Waals surface area (Å²) in [6.45, 7) is 7.50. The molecule has 0 radical (unpaired) electrons. The van der Waals surface area contributed by atoms with Gasteiger partial charge in [-0.2, -0.15) is 0 Å². The molecule has 2 nitrogen and oxygen atoms in total. The Morgan fingerprint density at radius 2 is 1.82 bits per heavy atom. The van der Waals surface area contributed by atoms with Gasteiger partial charge in [-0.1, -0.05) is 36.8 Å². The highest BCUT2D eigenvalue weighted by atomic mass is 16.3. The lowest BCUT2D eigenvalue weighted by molar-refractivity contribution is -0.916. The fraction of sp³-hybridized carbons (Fsp3) is 0.600. The Morgan fingerprint density at radius 1 is 1.24 bits per heavy atom. The van der Waals surface area contributed by atoms with E-state index >= 15 is 0 Å². The number of nitrogens with one attached hydrogen (secondary N) is 1. The fourth-order valence-electron chi connectivity index (χ4n) is 2.94. The molecule has 1 fully saturated rings. The molecule has 1 aromatic rings. The quantitative estimate of drug-likeness (QED) is 0.748. The zero-order chi connectivity index (χ0) is 12.6. The Bertz CT molecular complexity index is 386. The third-order valence-electron chi connectivity index (χ3n) is 4.45. The van der Waals surface area contributed by atoms with Gasteiger partial charge >= 0.3 is 0 Å². The normalized spacial score (nSPS) is 38.1. The molecule has 1 aliphatic heterocycles. The van der Waals surface area contributed by atoms with Crippen LogP contribution in [0, 0.1) is 12.8 Å². The lowest BCUT2D eigenvalue weighted by atomic mass is 9.74. The highest BCUT2D eigenvalue weighted by molar-refractivity contribution is 5.27. The molecule has 2 N–H and O–H groups in total. The van der Waals surface area contributed by atoms with Crippen LogP contribution in [0.3, 0.4) is 0 Å². The number of aryl methyl sites for hydroxylation is 1. The first-order valence-electron chi connectivity index (χ1n) is 6.55. The van der Waals surface area contributed by atoms with Crippen molar-refractivity contribution in [2.45, 2.75) is 38.8 Å². The minimum absolute atomic E-state index is 0.307. The van der Waals surface area contributed by atoms with Gasteiger partial charge in [0.05, 0.1) is 19.6 Å². The summed E-state index contributed by atoms with van der Waals surface area (Å²) in [4.78, 5) is 1.52. The molecule has 1 aromatic carbocycles. The summed E-state index contributed by atoms with van der Waals surface area (Å²) in [5.74, 6) is 0.307. The SMILES string of the molecule is Cc1ccc([C@@]2(O)C[C@H](C)[NH+](C)C[C@@H]2C)cc1. The van der Waals surface area contributed by atoms with Crippen LogP contribution >= 0.6 is 0 Å². The Hall–Kier alpha value is -0.860. The van der Waals surface area contributed by atoms with Gasteiger partial charge in [0.2, 0.25) is 0 Å². The molecular weight excluding hydrogens is 210 g/mol. The lowest BCUT2D eigenvalue weighted by Gasteiger charge is -2.43. The molecule has 2 heteroatoms. The van der Waals surface area contributed by atoms with Gasteiger partial charge < -0.3 is 10.0 Å².